The zero-order chi connectivity index (χ0) is 13.1. The second-order valence-corrected chi connectivity index (χ2v) is 5.96. The Kier molecular flexibility index (Phi) is 3.76. The minimum absolute atomic E-state index is 0.0323. The molecule has 2 aromatic rings. The van der Waals surface area contributed by atoms with Crippen LogP contribution in [0.2, 0.25) is 0 Å². The van der Waals surface area contributed by atoms with Gasteiger partial charge in [-0.3, -0.25) is 4.79 Å². The molecule has 1 aromatic heterocycles. The molecule has 0 bridgehead atoms. The first-order valence-corrected chi connectivity index (χ1v) is 7.56. The smallest absolute Gasteiger partial charge is 0.141 e. The number of carbonyl (C=O) groups is 1. The topological polar surface area (TPSA) is 29.1 Å². The number of Topliss-reactive ketones (excluding diaryl/α,β-unsaturated/α-hetero) is 1. The van der Waals surface area contributed by atoms with Crippen LogP contribution in [0, 0.1) is 0 Å². The van der Waals surface area contributed by atoms with E-state index in [2.05, 4.69) is 28.9 Å². The Hall–Kier alpha value is -1.45. The van der Waals surface area contributed by atoms with Gasteiger partial charge >= 0.3 is 0 Å². The molecular formula is C16H17NOS. The molecule has 98 valence electrons. The van der Waals surface area contributed by atoms with Crippen LogP contribution >= 0.6 is 11.3 Å². The average Bonchev–Trinajstić information content (AvgIpc) is 2.97. The molecular weight excluding hydrogens is 254 g/mol. The van der Waals surface area contributed by atoms with Crippen molar-refractivity contribution in [1.82, 2.24) is 5.32 Å². The summed E-state index contributed by atoms with van der Waals surface area (Å²) < 4.78 is 0. The zero-order valence-corrected chi connectivity index (χ0v) is 11.6. The van der Waals surface area contributed by atoms with E-state index in [4.69, 9.17) is 0 Å². The van der Waals surface area contributed by atoms with Crippen LogP contribution < -0.4 is 5.32 Å². The molecule has 1 unspecified atom stereocenters. The van der Waals surface area contributed by atoms with Crippen molar-refractivity contribution in [3.8, 4) is 0 Å². The minimum atomic E-state index is 0.0323. The Morgan fingerprint density at radius 2 is 2.16 bits per heavy atom. The molecule has 0 saturated carbocycles. The summed E-state index contributed by atoms with van der Waals surface area (Å²) in [5.74, 6) is 0.387. The van der Waals surface area contributed by atoms with E-state index < -0.39 is 0 Å². The lowest BCUT2D eigenvalue weighted by molar-refractivity contribution is -0.120. The molecule has 1 aliphatic heterocycles. The van der Waals surface area contributed by atoms with Crippen molar-refractivity contribution in [1.29, 1.82) is 0 Å². The highest BCUT2D eigenvalue weighted by Gasteiger charge is 2.25. The highest BCUT2D eigenvalue weighted by molar-refractivity contribution is 7.09. The number of hydrogen-bond acceptors (Lipinski definition) is 3. The summed E-state index contributed by atoms with van der Waals surface area (Å²) in [6.07, 6.45) is 1.51. The van der Waals surface area contributed by atoms with Crippen molar-refractivity contribution in [3.63, 3.8) is 0 Å². The van der Waals surface area contributed by atoms with Gasteiger partial charge in [-0.15, -0.1) is 11.3 Å². The van der Waals surface area contributed by atoms with Crippen molar-refractivity contribution >= 4 is 17.1 Å². The fourth-order valence-electron chi connectivity index (χ4n) is 2.66. The van der Waals surface area contributed by atoms with Gasteiger partial charge in [-0.2, -0.15) is 0 Å². The Morgan fingerprint density at radius 3 is 3.00 bits per heavy atom. The van der Waals surface area contributed by atoms with Gasteiger partial charge in [-0.25, -0.2) is 0 Å². The van der Waals surface area contributed by atoms with Gasteiger partial charge in [0.15, 0.2) is 0 Å². The van der Waals surface area contributed by atoms with E-state index in [1.54, 1.807) is 11.3 Å². The van der Waals surface area contributed by atoms with E-state index in [9.17, 15) is 4.79 Å². The number of ketones is 1. The number of nitrogens with one attached hydrogen (secondary N) is 1. The highest BCUT2D eigenvalue weighted by atomic mass is 32.1. The average molecular weight is 271 g/mol. The Morgan fingerprint density at radius 1 is 1.26 bits per heavy atom. The number of thiophene rings is 1. The van der Waals surface area contributed by atoms with Crippen LogP contribution in [0.4, 0.5) is 0 Å². The largest absolute Gasteiger partial charge is 0.312 e. The van der Waals surface area contributed by atoms with Crippen molar-refractivity contribution < 1.29 is 4.79 Å². The molecule has 3 rings (SSSR count). The standard InChI is InChI=1S/C16H17NOS/c18-16(8-7-13-5-3-9-19-13)15-11-17-10-12-4-1-2-6-14(12)15/h1-6,9,15,17H,7-8,10-11H2. The molecule has 0 saturated heterocycles. The van der Waals surface area contributed by atoms with Crippen molar-refractivity contribution in [2.45, 2.75) is 25.3 Å². The molecule has 2 heterocycles. The maximum Gasteiger partial charge on any atom is 0.141 e. The molecule has 1 atom stereocenters. The number of hydrogen-bond donors (Lipinski definition) is 1. The van der Waals surface area contributed by atoms with E-state index in [1.807, 2.05) is 18.2 Å². The quantitative estimate of drug-likeness (QED) is 0.925. The third kappa shape index (κ3) is 2.77. The van der Waals surface area contributed by atoms with Crippen molar-refractivity contribution in [2.75, 3.05) is 6.54 Å². The molecule has 0 radical (unpaired) electrons. The molecule has 0 amide bonds. The molecule has 0 aliphatic carbocycles. The number of fused-ring (bicyclic) bond motifs is 1. The lowest BCUT2D eigenvalue weighted by atomic mass is 9.86. The number of carbonyl (C=O) groups excluding carboxylic acids is 1. The van der Waals surface area contributed by atoms with Gasteiger partial charge in [-0.05, 0) is 29.0 Å². The van der Waals surface area contributed by atoms with E-state index in [1.165, 1.54) is 16.0 Å². The Labute approximate surface area is 117 Å². The third-order valence-corrected chi connectivity index (χ3v) is 4.62. The van der Waals surface area contributed by atoms with E-state index >= 15 is 0 Å². The van der Waals surface area contributed by atoms with Gasteiger partial charge in [0.1, 0.15) is 5.78 Å². The van der Waals surface area contributed by atoms with Crippen LogP contribution in [0.15, 0.2) is 41.8 Å². The fraction of sp³-hybridized carbons (Fsp3) is 0.312. The van der Waals surface area contributed by atoms with Crippen LogP contribution in [0.1, 0.15) is 28.3 Å². The van der Waals surface area contributed by atoms with Gasteiger partial charge in [0, 0.05) is 24.4 Å². The fourth-order valence-corrected chi connectivity index (χ4v) is 3.37. The maximum atomic E-state index is 12.4. The molecule has 0 spiro atoms. The monoisotopic (exact) mass is 271 g/mol. The molecule has 1 aliphatic rings. The summed E-state index contributed by atoms with van der Waals surface area (Å²) >= 11 is 1.73. The summed E-state index contributed by atoms with van der Waals surface area (Å²) in [6, 6.07) is 12.4. The third-order valence-electron chi connectivity index (χ3n) is 3.68. The lowest BCUT2D eigenvalue weighted by Crippen LogP contribution is -2.32. The normalized spacial score (nSPS) is 18.0. The van der Waals surface area contributed by atoms with E-state index in [0.717, 1.165) is 19.5 Å². The predicted molar refractivity (Wildman–Crippen MR) is 78.5 cm³/mol. The predicted octanol–water partition coefficient (Wildman–Crippen LogP) is 3.14. The van der Waals surface area contributed by atoms with Crippen LogP contribution in [0.5, 0.6) is 0 Å². The van der Waals surface area contributed by atoms with Gasteiger partial charge in [0.05, 0.1) is 5.92 Å². The summed E-state index contributed by atoms with van der Waals surface area (Å²) in [4.78, 5) is 13.7. The Bertz CT molecular complexity index is 562. The maximum absolute atomic E-state index is 12.4. The van der Waals surface area contributed by atoms with Gasteiger partial charge < -0.3 is 5.32 Å². The molecule has 3 heteroatoms. The van der Waals surface area contributed by atoms with Crippen LogP contribution in [0.25, 0.3) is 0 Å². The van der Waals surface area contributed by atoms with E-state index in [-0.39, 0.29) is 5.92 Å². The van der Waals surface area contributed by atoms with Crippen molar-refractivity contribution in [2.24, 2.45) is 0 Å². The Balaban J connectivity index is 1.71. The molecule has 0 fully saturated rings. The van der Waals surface area contributed by atoms with Crippen LogP contribution in [-0.2, 0) is 17.8 Å². The van der Waals surface area contributed by atoms with E-state index in [0.29, 0.717) is 12.2 Å². The number of benzene rings is 1. The SMILES string of the molecule is O=C(CCc1cccs1)C1CNCc2ccccc21. The van der Waals surface area contributed by atoms with Gasteiger partial charge in [0.2, 0.25) is 0 Å². The van der Waals surface area contributed by atoms with Crippen molar-refractivity contribution in [3.05, 3.63) is 57.8 Å². The lowest BCUT2D eigenvalue weighted by Gasteiger charge is -2.25. The number of rotatable bonds is 4. The summed E-state index contributed by atoms with van der Waals surface area (Å²) in [5, 5.41) is 5.41. The molecule has 19 heavy (non-hydrogen) atoms. The summed E-state index contributed by atoms with van der Waals surface area (Å²) in [5.41, 5.74) is 2.49. The first-order chi connectivity index (χ1) is 9.34. The molecule has 2 nitrogen and oxygen atoms in total. The molecule has 1 N–H and O–H groups in total. The molecule has 1 aromatic carbocycles. The zero-order valence-electron chi connectivity index (χ0n) is 10.8. The minimum Gasteiger partial charge on any atom is -0.312 e. The van der Waals surface area contributed by atoms with Gasteiger partial charge in [-0.1, -0.05) is 30.3 Å². The number of aryl methyl sites for hydroxylation is 1. The first kappa shape index (κ1) is 12.6. The second-order valence-electron chi connectivity index (χ2n) is 4.93. The highest BCUT2D eigenvalue weighted by Crippen LogP contribution is 2.26. The summed E-state index contributed by atoms with van der Waals surface area (Å²) in [6.45, 7) is 1.66. The van der Waals surface area contributed by atoms with Gasteiger partial charge in [0.25, 0.3) is 0 Å². The second kappa shape index (κ2) is 5.68. The first-order valence-electron chi connectivity index (χ1n) is 6.68. The van der Waals surface area contributed by atoms with Crippen LogP contribution in [-0.4, -0.2) is 12.3 Å². The summed E-state index contributed by atoms with van der Waals surface area (Å²) in [7, 11) is 0. The van der Waals surface area contributed by atoms with Crippen LogP contribution in [0.3, 0.4) is 0 Å².